The van der Waals surface area contributed by atoms with Crippen molar-refractivity contribution < 1.29 is 0 Å². The van der Waals surface area contributed by atoms with Crippen molar-refractivity contribution in [3.05, 3.63) is 194 Å². The monoisotopic (exact) mass is 716 g/mol. The number of benzene rings is 9. The van der Waals surface area contributed by atoms with Crippen LogP contribution in [0.25, 0.3) is 108 Å². The Balaban J connectivity index is 1.17. The van der Waals surface area contributed by atoms with Crippen molar-refractivity contribution in [2.75, 3.05) is 0 Å². The molecular formula is C52H32N2S. The minimum atomic E-state index is 1.16. The molecule has 0 aliphatic heterocycles. The lowest BCUT2D eigenvalue weighted by Crippen LogP contribution is -1.95. The van der Waals surface area contributed by atoms with Crippen LogP contribution in [0.1, 0.15) is 0 Å². The fraction of sp³-hybridized carbons (Fsp3) is 0. The van der Waals surface area contributed by atoms with Crippen LogP contribution in [-0.4, -0.2) is 9.13 Å². The number of hydrogen-bond acceptors (Lipinski definition) is 1. The highest BCUT2D eigenvalue weighted by Crippen LogP contribution is 2.48. The van der Waals surface area contributed by atoms with Gasteiger partial charge in [-0.05, 0) is 82.2 Å². The second-order valence-electron chi connectivity index (χ2n) is 14.5. The molecule has 3 heterocycles. The first-order valence-corrected chi connectivity index (χ1v) is 19.7. The molecule has 0 aliphatic carbocycles. The molecule has 0 aliphatic rings. The van der Waals surface area contributed by atoms with E-state index in [4.69, 9.17) is 0 Å². The SMILES string of the molecule is c1ccc(-c2ccc(-n3c4ccccc4c4c(-c5ccc6c(c5)c5ccccc5n6-c5cccc6ccccc56)cc5c6ccccc6sc5c43)cc2)cc1. The molecule has 0 saturated heterocycles. The van der Waals surface area contributed by atoms with Gasteiger partial charge >= 0.3 is 0 Å². The van der Waals surface area contributed by atoms with Crippen molar-refractivity contribution in [3.8, 4) is 33.6 Å². The van der Waals surface area contributed by atoms with E-state index >= 15 is 0 Å². The van der Waals surface area contributed by atoms with E-state index in [-0.39, 0.29) is 0 Å². The fourth-order valence-corrected chi connectivity index (χ4v) is 10.3. The van der Waals surface area contributed by atoms with E-state index in [1.165, 1.54) is 102 Å². The molecule has 12 aromatic rings. The molecule has 256 valence electrons. The van der Waals surface area contributed by atoms with E-state index < -0.39 is 0 Å². The van der Waals surface area contributed by atoms with E-state index in [0.29, 0.717) is 0 Å². The smallest absolute Gasteiger partial charge is 0.0726 e. The van der Waals surface area contributed by atoms with Gasteiger partial charge in [0.05, 0.1) is 32.5 Å². The summed E-state index contributed by atoms with van der Waals surface area (Å²) in [5, 5.41) is 10.2. The fourth-order valence-electron chi connectivity index (χ4n) is 9.06. The maximum atomic E-state index is 2.51. The van der Waals surface area contributed by atoms with E-state index in [2.05, 4.69) is 203 Å². The second-order valence-corrected chi connectivity index (χ2v) is 15.5. The van der Waals surface area contributed by atoms with Crippen LogP contribution in [0.4, 0.5) is 0 Å². The third kappa shape index (κ3) is 4.48. The Bertz CT molecular complexity index is 3470. The third-order valence-electron chi connectivity index (χ3n) is 11.5. The summed E-state index contributed by atoms with van der Waals surface area (Å²) in [5.41, 5.74) is 12.2. The first-order valence-electron chi connectivity index (χ1n) is 18.9. The molecule has 2 nitrogen and oxygen atoms in total. The Morgan fingerprint density at radius 1 is 0.364 bits per heavy atom. The first kappa shape index (κ1) is 30.5. The van der Waals surface area contributed by atoms with Gasteiger partial charge in [0.15, 0.2) is 0 Å². The average molecular weight is 717 g/mol. The maximum Gasteiger partial charge on any atom is 0.0726 e. The number of nitrogens with zero attached hydrogens (tertiary/aromatic N) is 2. The van der Waals surface area contributed by atoms with E-state index in [9.17, 15) is 0 Å². The quantitative estimate of drug-likeness (QED) is 0.172. The van der Waals surface area contributed by atoms with Crippen LogP contribution in [0.15, 0.2) is 194 Å². The predicted molar refractivity (Wildman–Crippen MR) is 236 cm³/mol. The zero-order valence-corrected chi connectivity index (χ0v) is 30.6. The average Bonchev–Trinajstić information content (AvgIpc) is 3.91. The Hall–Kier alpha value is -6.94. The van der Waals surface area contributed by atoms with Gasteiger partial charge in [-0.3, -0.25) is 0 Å². The molecule has 3 aromatic heterocycles. The molecule has 0 radical (unpaired) electrons. The van der Waals surface area contributed by atoms with Gasteiger partial charge in [-0.1, -0.05) is 140 Å². The first-order chi connectivity index (χ1) is 27.3. The Kier molecular flexibility index (Phi) is 6.54. The van der Waals surface area contributed by atoms with Crippen LogP contribution >= 0.6 is 11.3 Å². The van der Waals surface area contributed by atoms with Crippen molar-refractivity contribution in [3.63, 3.8) is 0 Å². The highest BCUT2D eigenvalue weighted by molar-refractivity contribution is 7.26. The number of para-hydroxylation sites is 2. The van der Waals surface area contributed by atoms with Crippen molar-refractivity contribution in [1.29, 1.82) is 0 Å². The summed E-state index contributed by atoms with van der Waals surface area (Å²) in [5.74, 6) is 0. The third-order valence-corrected chi connectivity index (χ3v) is 12.7. The molecule has 0 spiro atoms. The molecule has 0 unspecified atom stereocenters. The summed E-state index contributed by atoms with van der Waals surface area (Å²) >= 11 is 1.90. The van der Waals surface area contributed by atoms with Crippen LogP contribution in [0.5, 0.6) is 0 Å². The zero-order chi connectivity index (χ0) is 36.0. The largest absolute Gasteiger partial charge is 0.309 e. The van der Waals surface area contributed by atoms with E-state index in [1.807, 2.05) is 11.3 Å². The standard InChI is InChI=1S/C52H32N2S/c1-2-13-33(14-3-1)34-25-28-37(29-26-34)53-47-22-10-7-20-41(47)50-42(32-44-40-19-8-11-24-49(40)55-52(44)51(50)53)36-27-30-48-43(31-36)39-18-6-9-21-46(39)54(48)45-23-12-16-35-15-4-5-17-38(35)45/h1-32H. The summed E-state index contributed by atoms with van der Waals surface area (Å²) in [6.45, 7) is 0. The summed E-state index contributed by atoms with van der Waals surface area (Å²) in [6.07, 6.45) is 0. The normalized spacial score (nSPS) is 12.0. The number of fused-ring (bicyclic) bond motifs is 11. The lowest BCUT2D eigenvalue weighted by Gasteiger charge is -2.13. The van der Waals surface area contributed by atoms with Gasteiger partial charge in [0.1, 0.15) is 0 Å². The van der Waals surface area contributed by atoms with E-state index in [0.717, 1.165) is 5.69 Å². The van der Waals surface area contributed by atoms with Crippen LogP contribution in [0.2, 0.25) is 0 Å². The van der Waals surface area contributed by atoms with Gasteiger partial charge in [0.2, 0.25) is 0 Å². The van der Waals surface area contributed by atoms with Gasteiger partial charge in [-0.15, -0.1) is 11.3 Å². The molecule has 9 aromatic carbocycles. The summed E-state index contributed by atoms with van der Waals surface area (Å²) in [6, 6.07) is 71.4. The second kappa shape index (κ2) is 11.8. The Morgan fingerprint density at radius 2 is 0.982 bits per heavy atom. The predicted octanol–water partition coefficient (Wildman–Crippen LogP) is 14.7. The maximum absolute atomic E-state index is 2.51. The zero-order valence-electron chi connectivity index (χ0n) is 29.8. The summed E-state index contributed by atoms with van der Waals surface area (Å²) in [4.78, 5) is 0. The van der Waals surface area contributed by atoms with Crippen LogP contribution < -0.4 is 0 Å². The van der Waals surface area contributed by atoms with Gasteiger partial charge in [0.25, 0.3) is 0 Å². The minimum Gasteiger partial charge on any atom is -0.309 e. The van der Waals surface area contributed by atoms with Crippen LogP contribution in [-0.2, 0) is 0 Å². The molecule has 0 N–H and O–H groups in total. The molecule has 0 atom stereocenters. The molecule has 0 fully saturated rings. The number of thiophene rings is 1. The van der Waals surface area contributed by atoms with Gasteiger partial charge < -0.3 is 9.13 Å². The molecule has 55 heavy (non-hydrogen) atoms. The van der Waals surface area contributed by atoms with Gasteiger partial charge in [-0.2, -0.15) is 0 Å². The van der Waals surface area contributed by atoms with Crippen molar-refractivity contribution in [2.24, 2.45) is 0 Å². The lowest BCUT2D eigenvalue weighted by molar-refractivity contribution is 1.19. The Morgan fingerprint density at radius 3 is 1.82 bits per heavy atom. The molecule has 0 saturated carbocycles. The number of aromatic nitrogens is 2. The van der Waals surface area contributed by atoms with Gasteiger partial charge in [0, 0.05) is 48.1 Å². The highest BCUT2D eigenvalue weighted by atomic mass is 32.1. The molecular weight excluding hydrogens is 685 g/mol. The molecule has 12 rings (SSSR count). The van der Waals surface area contributed by atoms with Crippen molar-refractivity contribution in [1.82, 2.24) is 9.13 Å². The molecule has 3 heteroatoms. The minimum absolute atomic E-state index is 1.16. The lowest BCUT2D eigenvalue weighted by atomic mass is 9.95. The van der Waals surface area contributed by atoms with Crippen LogP contribution in [0, 0.1) is 0 Å². The molecule has 0 amide bonds. The van der Waals surface area contributed by atoms with E-state index in [1.54, 1.807) is 0 Å². The van der Waals surface area contributed by atoms with Crippen molar-refractivity contribution >= 4 is 85.9 Å². The van der Waals surface area contributed by atoms with Crippen LogP contribution in [0.3, 0.4) is 0 Å². The number of rotatable bonds is 4. The topological polar surface area (TPSA) is 9.86 Å². The molecule has 0 bridgehead atoms. The van der Waals surface area contributed by atoms with Crippen molar-refractivity contribution in [2.45, 2.75) is 0 Å². The summed E-state index contributed by atoms with van der Waals surface area (Å²) < 4.78 is 7.58. The summed E-state index contributed by atoms with van der Waals surface area (Å²) in [7, 11) is 0. The highest BCUT2D eigenvalue weighted by Gasteiger charge is 2.23. The Labute approximate surface area is 321 Å². The number of hydrogen-bond donors (Lipinski definition) is 0. The van der Waals surface area contributed by atoms with Gasteiger partial charge in [-0.25, -0.2) is 0 Å².